The number of esters is 1. The van der Waals surface area contributed by atoms with Crippen molar-refractivity contribution in [3.8, 4) is 0 Å². The molecule has 2 heterocycles. The van der Waals surface area contributed by atoms with Gasteiger partial charge in [-0.05, 0) is 24.3 Å². The smallest absolute Gasteiger partial charge is 0.320 e. The predicted molar refractivity (Wildman–Crippen MR) is 107 cm³/mol. The summed E-state index contributed by atoms with van der Waals surface area (Å²) >= 11 is 1.56. The van der Waals surface area contributed by atoms with Gasteiger partial charge in [0.15, 0.2) is 12.2 Å². The number of amides is 2. The highest BCUT2D eigenvalue weighted by atomic mass is 32.1. The van der Waals surface area contributed by atoms with Gasteiger partial charge in [-0.1, -0.05) is 13.0 Å². The van der Waals surface area contributed by atoms with Crippen molar-refractivity contribution in [2.24, 2.45) is 0 Å². The number of aliphatic hydroxyl groups excluding tert-OH is 2. The summed E-state index contributed by atoms with van der Waals surface area (Å²) in [5.74, 6) is -1.78. The third-order valence-electron chi connectivity index (χ3n) is 4.58. The van der Waals surface area contributed by atoms with Gasteiger partial charge in [-0.15, -0.1) is 11.3 Å². The Morgan fingerprint density at radius 1 is 1.21 bits per heavy atom. The highest BCUT2D eigenvalue weighted by molar-refractivity contribution is 7.09. The second-order valence-electron chi connectivity index (χ2n) is 6.83. The maximum atomic E-state index is 12.4. The fraction of sp³-hybridized carbons (Fsp3) is 0.632. The lowest BCUT2D eigenvalue weighted by molar-refractivity contribution is -0.155. The molecule has 0 aromatic carbocycles. The summed E-state index contributed by atoms with van der Waals surface area (Å²) in [5, 5.41) is 24.6. The fourth-order valence-corrected chi connectivity index (χ4v) is 3.61. The third kappa shape index (κ3) is 7.39. The highest BCUT2D eigenvalue weighted by Crippen LogP contribution is 2.09. The van der Waals surface area contributed by atoms with E-state index in [1.807, 2.05) is 29.3 Å². The van der Waals surface area contributed by atoms with Crippen LogP contribution in [0.1, 0.15) is 18.2 Å². The molecule has 2 rings (SSSR count). The Bertz CT molecular complexity index is 661. The van der Waals surface area contributed by atoms with Crippen LogP contribution in [0.15, 0.2) is 17.5 Å². The minimum absolute atomic E-state index is 0.153. The van der Waals surface area contributed by atoms with Gasteiger partial charge in [-0.3, -0.25) is 19.3 Å². The first-order chi connectivity index (χ1) is 13.9. The van der Waals surface area contributed by atoms with Gasteiger partial charge in [-0.2, -0.15) is 0 Å². The van der Waals surface area contributed by atoms with Crippen LogP contribution in [0.2, 0.25) is 0 Å². The van der Waals surface area contributed by atoms with Crippen molar-refractivity contribution in [3.05, 3.63) is 22.4 Å². The standard InChI is InChI=1S/C19H29N3O6S/c1-2-11-28-15(23)13-21-7-9-22(10-8-21)19(27)17(25)16(24)18(26)20-6-5-14-4-3-12-29-14/h3-4,12,16-17,24-25H,2,5-11,13H2,1H3,(H,20,26)/t16-,17-/m1/s1. The number of carbonyl (C=O) groups is 3. The first-order valence-corrected chi connectivity index (χ1v) is 10.6. The predicted octanol–water partition coefficient (Wildman–Crippen LogP) is -0.774. The second-order valence-corrected chi connectivity index (χ2v) is 7.86. The monoisotopic (exact) mass is 427 g/mol. The number of rotatable bonds is 10. The quantitative estimate of drug-likeness (QED) is 0.419. The third-order valence-corrected chi connectivity index (χ3v) is 5.51. The number of thiophene rings is 1. The molecule has 1 aliphatic rings. The van der Waals surface area contributed by atoms with E-state index in [4.69, 9.17) is 4.74 Å². The number of hydrogen-bond donors (Lipinski definition) is 3. The normalized spacial score (nSPS) is 16.9. The van der Waals surface area contributed by atoms with Crippen LogP contribution >= 0.6 is 11.3 Å². The molecule has 0 saturated carbocycles. The average molecular weight is 428 g/mol. The maximum Gasteiger partial charge on any atom is 0.320 e. The second kappa shape index (κ2) is 11.9. The fourth-order valence-electron chi connectivity index (χ4n) is 2.90. The van der Waals surface area contributed by atoms with Crippen molar-refractivity contribution in [1.82, 2.24) is 15.1 Å². The Morgan fingerprint density at radius 2 is 1.93 bits per heavy atom. The average Bonchev–Trinajstić information content (AvgIpc) is 3.24. The van der Waals surface area contributed by atoms with E-state index >= 15 is 0 Å². The molecule has 162 valence electrons. The van der Waals surface area contributed by atoms with E-state index < -0.39 is 24.0 Å². The van der Waals surface area contributed by atoms with Crippen LogP contribution in [-0.2, 0) is 25.5 Å². The van der Waals surface area contributed by atoms with Crippen LogP contribution < -0.4 is 5.32 Å². The summed E-state index contributed by atoms with van der Waals surface area (Å²) in [5.41, 5.74) is 0. The number of nitrogens with one attached hydrogen (secondary N) is 1. The van der Waals surface area contributed by atoms with Crippen molar-refractivity contribution in [2.45, 2.75) is 32.0 Å². The number of aliphatic hydroxyl groups is 2. The Hall–Kier alpha value is -2.01. The van der Waals surface area contributed by atoms with Gasteiger partial charge >= 0.3 is 5.97 Å². The number of piperazine rings is 1. The van der Waals surface area contributed by atoms with Crippen molar-refractivity contribution in [2.75, 3.05) is 45.9 Å². The number of hydrogen-bond acceptors (Lipinski definition) is 8. The van der Waals surface area contributed by atoms with Gasteiger partial charge in [-0.25, -0.2) is 0 Å². The molecular weight excluding hydrogens is 398 g/mol. The van der Waals surface area contributed by atoms with E-state index in [0.717, 1.165) is 11.3 Å². The molecule has 0 unspecified atom stereocenters. The first-order valence-electron chi connectivity index (χ1n) is 9.75. The van der Waals surface area contributed by atoms with Gasteiger partial charge in [0.1, 0.15) is 0 Å². The van der Waals surface area contributed by atoms with Crippen molar-refractivity contribution < 1.29 is 29.3 Å². The lowest BCUT2D eigenvalue weighted by Gasteiger charge is -2.35. The lowest BCUT2D eigenvalue weighted by atomic mass is 10.1. The first kappa shape index (κ1) is 23.3. The van der Waals surface area contributed by atoms with Gasteiger partial charge < -0.3 is 25.2 Å². The topological polar surface area (TPSA) is 119 Å². The molecule has 10 heteroatoms. The molecule has 1 saturated heterocycles. The lowest BCUT2D eigenvalue weighted by Crippen LogP contribution is -2.56. The molecule has 9 nitrogen and oxygen atoms in total. The minimum Gasteiger partial charge on any atom is -0.465 e. The van der Waals surface area contributed by atoms with Crippen LogP contribution in [-0.4, -0.2) is 95.9 Å². The van der Waals surface area contributed by atoms with Crippen LogP contribution in [0.5, 0.6) is 0 Å². The van der Waals surface area contributed by atoms with Crippen molar-refractivity contribution in [3.63, 3.8) is 0 Å². The zero-order valence-electron chi connectivity index (χ0n) is 16.6. The molecule has 29 heavy (non-hydrogen) atoms. The van der Waals surface area contributed by atoms with Gasteiger partial charge in [0.05, 0.1) is 13.2 Å². The zero-order valence-corrected chi connectivity index (χ0v) is 17.4. The number of carbonyl (C=O) groups excluding carboxylic acids is 3. The van der Waals surface area contributed by atoms with Crippen LogP contribution in [0.3, 0.4) is 0 Å². The van der Waals surface area contributed by atoms with Crippen LogP contribution in [0, 0.1) is 0 Å². The van der Waals surface area contributed by atoms with Crippen molar-refractivity contribution in [1.29, 1.82) is 0 Å². The van der Waals surface area contributed by atoms with E-state index in [2.05, 4.69) is 5.32 Å². The zero-order chi connectivity index (χ0) is 21.2. The molecular formula is C19H29N3O6S. The molecule has 0 bridgehead atoms. The Labute approximate surface area is 174 Å². The number of ether oxygens (including phenoxy) is 1. The van der Waals surface area contributed by atoms with E-state index in [1.165, 1.54) is 4.90 Å². The largest absolute Gasteiger partial charge is 0.465 e. The Morgan fingerprint density at radius 3 is 2.55 bits per heavy atom. The summed E-state index contributed by atoms with van der Waals surface area (Å²) in [6.45, 7) is 4.25. The van der Waals surface area contributed by atoms with Crippen molar-refractivity contribution >= 4 is 29.1 Å². The summed E-state index contributed by atoms with van der Waals surface area (Å²) < 4.78 is 5.04. The molecule has 2 amide bonds. The minimum atomic E-state index is -1.83. The summed E-state index contributed by atoms with van der Waals surface area (Å²) in [7, 11) is 0. The molecule has 0 radical (unpaired) electrons. The molecule has 0 spiro atoms. The highest BCUT2D eigenvalue weighted by Gasteiger charge is 2.34. The van der Waals surface area contributed by atoms with E-state index in [-0.39, 0.29) is 12.5 Å². The van der Waals surface area contributed by atoms with E-state index in [9.17, 15) is 24.6 Å². The van der Waals surface area contributed by atoms with Crippen LogP contribution in [0.25, 0.3) is 0 Å². The molecule has 1 aromatic heterocycles. The molecule has 0 aliphatic carbocycles. The Balaban J connectivity index is 1.71. The molecule has 1 fully saturated rings. The summed E-state index contributed by atoms with van der Waals surface area (Å²) in [4.78, 5) is 40.4. The molecule has 3 N–H and O–H groups in total. The van der Waals surface area contributed by atoms with Gasteiger partial charge in [0, 0.05) is 37.6 Å². The maximum absolute atomic E-state index is 12.4. The molecule has 2 atom stereocenters. The van der Waals surface area contributed by atoms with E-state index in [1.54, 1.807) is 11.3 Å². The molecule has 1 aromatic rings. The van der Waals surface area contributed by atoms with Crippen LogP contribution in [0.4, 0.5) is 0 Å². The summed E-state index contributed by atoms with van der Waals surface area (Å²) in [6, 6.07) is 3.85. The van der Waals surface area contributed by atoms with Gasteiger partial charge in [0.25, 0.3) is 11.8 Å². The van der Waals surface area contributed by atoms with E-state index in [0.29, 0.717) is 45.8 Å². The van der Waals surface area contributed by atoms with Gasteiger partial charge in [0.2, 0.25) is 0 Å². The SMILES string of the molecule is CCCOC(=O)CN1CCN(C(=O)[C@H](O)[C@@H](O)C(=O)NCCc2cccs2)CC1. The Kier molecular flexibility index (Phi) is 9.52. The number of nitrogens with zero attached hydrogens (tertiary/aromatic N) is 2. The summed E-state index contributed by atoms with van der Waals surface area (Å²) in [6.07, 6.45) is -2.27. The molecule has 1 aliphatic heterocycles.